The molecule has 82 valence electrons. The number of nitrogens with one attached hydrogen (secondary N) is 1. The van der Waals surface area contributed by atoms with Gasteiger partial charge in [0.2, 0.25) is 5.96 Å². The van der Waals surface area contributed by atoms with Crippen LogP contribution in [0.25, 0.3) is 0 Å². The monoisotopic (exact) mass is 237 g/mol. The van der Waals surface area contributed by atoms with E-state index in [1.54, 1.807) is 12.1 Å². The number of urea groups is 1. The van der Waals surface area contributed by atoms with Crippen LogP contribution in [-0.2, 0) is 0 Å². The normalized spacial score (nSPS) is 10.6. The SMILES string of the molecule is N#Cc1cccc(Cl)c1N=C(N)NC(N)=O. The Morgan fingerprint density at radius 3 is 2.75 bits per heavy atom. The number of para-hydroxylation sites is 1. The number of benzene rings is 1. The van der Waals surface area contributed by atoms with E-state index in [9.17, 15) is 4.79 Å². The lowest BCUT2D eigenvalue weighted by molar-refractivity contribution is 0.253. The molecule has 0 aliphatic carbocycles. The molecule has 0 saturated heterocycles. The number of guanidine groups is 1. The summed E-state index contributed by atoms with van der Waals surface area (Å²) in [7, 11) is 0. The molecule has 16 heavy (non-hydrogen) atoms. The lowest BCUT2D eigenvalue weighted by Gasteiger charge is -2.03. The van der Waals surface area contributed by atoms with Crippen molar-refractivity contribution in [1.29, 1.82) is 5.26 Å². The molecule has 0 radical (unpaired) electrons. The molecule has 1 aromatic carbocycles. The highest BCUT2D eigenvalue weighted by molar-refractivity contribution is 6.33. The summed E-state index contributed by atoms with van der Waals surface area (Å²) in [4.78, 5) is 14.3. The van der Waals surface area contributed by atoms with Gasteiger partial charge in [-0.15, -0.1) is 0 Å². The molecule has 6 nitrogen and oxygen atoms in total. The van der Waals surface area contributed by atoms with Crippen molar-refractivity contribution in [1.82, 2.24) is 5.32 Å². The number of nitrogens with two attached hydrogens (primary N) is 2. The van der Waals surface area contributed by atoms with E-state index >= 15 is 0 Å². The second-order valence-electron chi connectivity index (χ2n) is 2.73. The molecule has 0 bridgehead atoms. The van der Waals surface area contributed by atoms with Crippen molar-refractivity contribution >= 4 is 29.3 Å². The first-order valence-corrected chi connectivity index (χ1v) is 4.51. The molecule has 1 aromatic rings. The number of carbonyl (C=O) groups is 1. The summed E-state index contributed by atoms with van der Waals surface area (Å²) in [5.41, 5.74) is 10.7. The second kappa shape index (κ2) is 5.00. The van der Waals surface area contributed by atoms with Gasteiger partial charge >= 0.3 is 6.03 Å². The van der Waals surface area contributed by atoms with Crippen LogP contribution in [0.2, 0.25) is 5.02 Å². The van der Waals surface area contributed by atoms with Crippen LogP contribution in [0, 0.1) is 11.3 Å². The minimum absolute atomic E-state index is 0.193. The molecule has 0 fully saturated rings. The van der Waals surface area contributed by atoms with Crippen molar-refractivity contribution in [3.8, 4) is 6.07 Å². The van der Waals surface area contributed by atoms with Gasteiger partial charge in [0.15, 0.2) is 0 Å². The van der Waals surface area contributed by atoms with E-state index in [1.165, 1.54) is 6.07 Å². The Hall–Kier alpha value is -2.26. The number of primary amides is 1. The van der Waals surface area contributed by atoms with Crippen LogP contribution in [-0.4, -0.2) is 12.0 Å². The molecule has 5 N–H and O–H groups in total. The third-order valence-electron chi connectivity index (χ3n) is 1.59. The van der Waals surface area contributed by atoms with Gasteiger partial charge < -0.3 is 11.5 Å². The van der Waals surface area contributed by atoms with Crippen LogP contribution in [0.15, 0.2) is 23.2 Å². The summed E-state index contributed by atoms with van der Waals surface area (Å²) in [6, 6.07) is 5.76. The predicted molar refractivity (Wildman–Crippen MR) is 60.2 cm³/mol. The Labute approximate surface area is 96.5 Å². The van der Waals surface area contributed by atoms with Crippen LogP contribution < -0.4 is 16.8 Å². The number of hydrogen-bond acceptors (Lipinski definition) is 3. The van der Waals surface area contributed by atoms with E-state index in [0.717, 1.165) is 0 Å². The smallest absolute Gasteiger partial charge is 0.318 e. The Morgan fingerprint density at radius 1 is 1.50 bits per heavy atom. The Balaban J connectivity index is 3.14. The molecule has 0 aromatic heterocycles. The Morgan fingerprint density at radius 2 is 2.19 bits per heavy atom. The molecule has 1 rings (SSSR count). The van der Waals surface area contributed by atoms with Gasteiger partial charge in [-0.1, -0.05) is 17.7 Å². The summed E-state index contributed by atoms with van der Waals surface area (Å²) >= 11 is 5.83. The van der Waals surface area contributed by atoms with Crippen LogP contribution >= 0.6 is 11.6 Å². The molecule has 0 atom stereocenters. The first kappa shape index (κ1) is 11.8. The predicted octanol–water partition coefficient (Wildman–Crippen LogP) is 0.826. The van der Waals surface area contributed by atoms with Crippen LogP contribution in [0.1, 0.15) is 5.56 Å². The number of carbonyl (C=O) groups excluding carboxylic acids is 1. The third-order valence-corrected chi connectivity index (χ3v) is 1.90. The highest BCUT2D eigenvalue weighted by Gasteiger charge is 2.06. The average Bonchev–Trinajstić information content (AvgIpc) is 2.20. The van der Waals surface area contributed by atoms with Crippen molar-refractivity contribution in [2.24, 2.45) is 16.5 Å². The summed E-state index contributed by atoms with van der Waals surface area (Å²) in [6.45, 7) is 0. The molecular weight excluding hydrogens is 230 g/mol. The highest BCUT2D eigenvalue weighted by atomic mass is 35.5. The zero-order chi connectivity index (χ0) is 12.1. The van der Waals surface area contributed by atoms with Crippen LogP contribution in [0.5, 0.6) is 0 Å². The zero-order valence-corrected chi connectivity index (χ0v) is 8.82. The quantitative estimate of drug-likeness (QED) is 0.496. The highest BCUT2D eigenvalue weighted by Crippen LogP contribution is 2.28. The number of rotatable bonds is 1. The van der Waals surface area contributed by atoms with E-state index in [2.05, 4.69) is 10.3 Å². The first-order chi connectivity index (χ1) is 7.54. The van der Waals surface area contributed by atoms with Crippen molar-refractivity contribution in [3.05, 3.63) is 28.8 Å². The summed E-state index contributed by atoms with van der Waals surface area (Å²) in [5, 5.41) is 11.1. The van der Waals surface area contributed by atoms with Gasteiger partial charge in [0, 0.05) is 0 Å². The first-order valence-electron chi connectivity index (χ1n) is 4.14. The number of halogens is 1. The third kappa shape index (κ3) is 2.87. The van der Waals surface area contributed by atoms with E-state index < -0.39 is 6.03 Å². The molecule has 0 aliphatic rings. The van der Waals surface area contributed by atoms with Gasteiger partial charge in [-0.25, -0.2) is 9.79 Å². The maximum Gasteiger partial charge on any atom is 0.318 e. The molecule has 0 unspecified atom stereocenters. The second-order valence-corrected chi connectivity index (χ2v) is 3.14. The van der Waals surface area contributed by atoms with E-state index in [4.69, 9.17) is 28.3 Å². The molecule has 2 amide bonds. The van der Waals surface area contributed by atoms with Gasteiger partial charge in [-0.05, 0) is 12.1 Å². The van der Waals surface area contributed by atoms with Crippen molar-refractivity contribution in [2.45, 2.75) is 0 Å². The van der Waals surface area contributed by atoms with Gasteiger partial charge in [0.05, 0.1) is 10.6 Å². The maximum atomic E-state index is 10.5. The van der Waals surface area contributed by atoms with Gasteiger partial charge in [-0.3, -0.25) is 5.32 Å². The fourth-order valence-corrected chi connectivity index (χ4v) is 1.21. The maximum absolute atomic E-state index is 10.5. The van der Waals surface area contributed by atoms with E-state index in [0.29, 0.717) is 0 Å². The molecule has 0 heterocycles. The summed E-state index contributed by atoms with van der Waals surface area (Å²) in [5.74, 6) is -0.225. The van der Waals surface area contributed by atoms with Crippen LogP contribution in [0.4, 0.5) is 10.5 Å². The topological polar surface area (TPSA) is 117 Å². The van der Waals surface area contributed by atoms with Crippen molar-refractivity contribution in [3.63, 3.8) is 0 Å². The van der Waals surface area contributed by atoms with Gasteiger partial charge in [-0.2, -0.15) is 5.26 Å². The number of nitriles is 1. The minimum Gasteiger partial charge on any atom is -0.369 e. The van der Waals surface area contributed by atoms with Crippen molar-refractivity contribution < 1.29 is 4.79 Å². The lowest BCUT2D eigenvalue weighted by atomic mass is 10.2. The lowest BCUT2D eigenvalue weighted by Crippen LogP contribution is -2.39. The molecule has 0 spiro atoms. The fourth-order valence-electron chi connectivity index (χ4n) is 0.994. The standard InChI is InChI=1S/C9H8ClN5O/c10-6-3-1-2-5(4-11)7(6)14-8(12)15-9(13)16/h1-3H,(H5,12,13,14,15,16). The van der Waals surface area contributed by atoms with Gasteiger partial charge in [0.1, 0.15) is 11.8 Å². The van der Waals surface area contributed by atoms with E-state index in [1.807, 2.05) is 6.07 Å². The van der Waals surface area contributed by atoms with Crippen LogP contribution in [0.3, 0.4) is 0 Å². The van der Waals surface area contributed by atoms with E-state index in [-0.39, 0.29) is 22.2 Å². The number of hydrogen-bond donors (Lipinski definition) is 3. The van der Waals surface area contributed by atoms with Gasteiger partial charge in [0.25, 0.3) is 0 Å². The largest absolute Gasteiger partial charge is 0.369 e. The summed E-state index contributed by atoms with van der Waals surface area (Å²) in [6.07, 6.45) is 0. The number of amides is 2. The molecule has 0 aliphatic heterocycles. The average molecular weight is 238 g/mol. The summed E-state index contributed by atoms with van der Waals surface area (Å²) < 4.78 is 0. The molecular formula is C9H8ClN5O. The Kier molecular flexibility index (Phi) is 3.69. The molecule has 0 saturated carbocycles. The van der Waals surface area contributed by atoms with Crippen molar-refractivity contribution in [2.75, 3.05) is 0 Å². The number of nitrogens with zero attached hydrogens (tertiary/aromatic N) is 2. The zero-order valence-electron chi connectivity index (χ0n) is 8.07. The minimum atomic E-state index is -0.841. The number of aliphatic imine (C=N–C) groups is 1. The Bertz CT molecular complexity index is 491. The molecule has 7 heteroatoms. The fraction of sp³-hybridized carbons (Fsp3) is 0.